The number of rotatable bonds is 7. The lowest BCUT2D eigenvalue weighted by atomic mass is 10.3. The molecule has 0 saturated heterocycles. The number of nitrogens with zero attached hydrogens (tertiary/aromatic N) is 1. The van der Waals surface area contributed by atoms with E-state index in [2.05, 4.69) is 0 Å². The van der Waals surface area contributed by atoms with Crippen LogP contribution in [0.5, 0.6) is 5.75 Å². The van der Waals surface area contributed by atoms with Crippen LogP contribution in [0.1, 0.15) is 0 Å². The minimum atomic E-state index is -3.38. The Labute approximate surface area is 107 Å². The summed E-state index contributed by atoms with van der Waals surface area (Å²) in [5.41, 5.74) is 6.14. The van der Waals surface area contributed by atoms with Crippen LogP contribution in [-0.4, -0.2) is 50.4 Å². The van der Waals surface area contributed by atoms with Crippen LogP contribution in [-0.2, 0) is 10.0 Å². The number of aliphatic hydroxyl groups excluding tert-OH is 1. The van der Waals surface area contributed by atoms with Crippen molar-refractivity contribution in [2.75, 3.05) is 38.3 Å². The Bertz CT molecular complexity index is 458. The summed E-state index contributed by atoms with van der Waals surface area (Å²) in [6.45, 7) is -0.0548. The maximum absolute atomic E-state index is 11.7. The number of hydrogen-bond donors (Lipinski definition) is 2. The SMILES string of the molecule is CN(CCO)S(=O)(=O)CCOc1ccc(N)cc1. The van der Waals surface area contributed by atoms with E-state index in [0.717, 1.165) is 4.31 Å². The lowest BCUT2D eigenvalue weighted by Gasteiger charge is -2.15. The summed E-state index contributed by atoms with van der Waals surface area (Å²) >= 11 is 0. The fourth-order valence-corrected chi connectivity index (χ4v) is 2.23. The van der Waals surface area contributed by atoms with Crippen LogP contribution >= 0.6 is 0 Å². The van der Waals surface area contributed by atoms with Crippen molar-refractivity contribution in [1.82, 2.24) is 4.31 Å². The molecular formula is C11H18N2O4S. The van der Waals surface area contributed by atoms with Gasteiger partial charge in [-0.3, -0.25) is 0 Å². The Hall–Kier alpha value is -1.31. The van der Waals surface area contributed by atoms with Crippen LogP contribution in [0.15, 0.2) is 24.3 Å². The first-order chi connectivity index (χ1) is 8.45. The average molecular weight is 274 g/mol. The molecule has 6 nitrogen and oxygen atoms in total. The third kappa shape index (κ3) is 4.52. The Morgan fingerprint density at radius 2 is 1.94 bits per heavy atom. The lowest BCUT2D eigenvalue weighted by Crippen LogP contribution is -2.33. The molecule has 1 rings (SSSR count). The van der Waals surface area contributed by atoms with Crippen LogP contribution in [0.25, 0.3) is 0 Å². The highest BCUT2D eigenvalue weighted by atomic mass is 32.2. The maximum atomic E-state index is 11.7. The molecule has 0 aliphatic carbocycles. The molecule has 1 aromatic carbocycles. The molecule has 0 amide bonds. The number of likely N-dealkylation sites (N-methyl/N-ethyl adjacent to an activating group) is 1. The number of hydrogen-bond acceptors (Lipinski definition) is 5. The highest BCUT2D eigenvalue weighted by Gasteiger charge is 2.16. The Balaban J connectivity index is 2.44. The van der Waals surface area contributed by atoms with Crippen LogP contribution < -0.4 is 10.5 Å². The summed E-state index contributed by atoms with van der Waals surface area (Å²) in [5, 5.41) is 8.68. The van der Waals surface area contributed by atoms with Gasteiger partial charge in [-0.05, 0) is 24.3 Å². The van der Waals surface area contributed by atoms with E-state index in [9.17, 15) is 8.42 Å². The van der Waals surface area contributed by atoms with Crippen molar-refractivity contribution in [3.8, 4) is 5.75 Å². The minimum absolute atomic E-state index is 0.0576. The molecule has 0 radical (unpaired) electrons. The van der Waals surface area contributed by atoms with E-state index in [0.29, 0.717) is 11.4 Å². The summed E-state index contributed by atoms with van der Waals surface area (Å²) in [4.78, 5) is 0. The smallest absolute Gasteiger partial charge is 0.217 e. The van der Waals surface area contributed by atoms with E-state index < -0.39 is 10.0 Å². The maximum Gasteiger partial charge on any atom is 0.217 e. The third-order valence-corrected chi connectivity index (χ3v) is 4.19. The van der Waals surface area contributed by atoms with Crippen molar-refractivity contribution in [1.29, 1.82) is 0 Å². The average Bonchev–Trinajstić information content (AvgIpc) is 2.32. The number of anilines is 1. The zero-order valence-electron chi connectivity index (χ0n) is 10.2. The third-order valence-electron chi connectivity index (χ3n) is 2.38. The molecule has 3 N–H and O–H groups in total. The van der Waals surface area contributed by atoms with Gasteiger partial charge >= 0.3 is 0 Å². The molecule has 102 valence electrons. The Morgan fingerprint density at radius 1 is 1.33 bits per heavy atom. The van der Waals surface area contributed by atoms with Gasteiger partial charge in [-0.25, -0.2) is 12.7 Å². The molecule has 7 heteroatoms. The van der Waals surface area contributed by atoms with E-state index in [1.54, 1.807) is 24.3 Å². The van der Waals surface area contributed by atoms with Gasteiger partial charge in [0.2, 0.25) is 10.0 Å². The summed E-state index contributed by atoms with van der Waals surface area (Å²) in [7, 11) is -1.95. The molecular weight excluding hydrogens is 256 g/mol. The number of nitrogens with two attached hydrogens (primary N) is 1. The predicted octanol–water partition coefficient (Wildman–Crippen LogP) is -0.0985. The first-order valence-corrected chi connectivity index (χ1v) is 7.10. The van der Waals surface area contributed by atoms with Gasteiger partial charge < -0.3 is 15.6 Å². The Kier molecular flexibility index (Phi) is 5.39. The minimum Gasteiger partial charge on any atom is -0.492 e. The molecule has 0 fully saturated rings. The van der Waals surface area contributed by atoms with Crippen LogP contribution in [0.3, 0.4) is 0 Å². The normalized spacial score (nSPS) is 11.7. The fraction of sp³-hybridized carbons (Fsp3) is 0.455. The fourth-order valence-electron chi connectivity index (χ4n) is 1.26. The first-order valence-electron chi connectivity index (χ1n) is 5.49. The Morgan fingerprint density at radius 3 is 2.50 bits per heavy atom. The monoisotopic (exact) mass is 274 g/mol. The topological polar surface area (TPSA) is 92.9 Å². The summed E-state index contributed by atoms with van der Waals surface area (Å²) in [6, 6.07) is 6.72. The van der Waals surface area contributed by atoms with Crippen LogP contribution in [0.2, 0.25) is 0 Å². The number of nitrogen functional groups attached to an aromatic ring is 1. The summed E-state index contributed by atoms with van der Waals surface area (Å²) < 4.78 is 29.8. The molecule has 0 aromatic heterocycles. The van der Waals surface area contributed by atoms with Crippen LogP contribution in [0.4, 0.5) is 5.69 Å². The van der Waals surface area contributed by atoms with Crippen molar-refractivity contribution < 1.29 is 18.3 Å². The summed E-state index contributed by atoms with van der Waals surface area (Å²) in [6.07, 6.45) is 0. The first kappa shape index (κ1) is 14.7. The number of ether oxygens (including phenoxy) is 1. The van der Waals surface area contributed by atoms with Crippen molar-refractivity contribution in [3.63, 3.8) is 0 Å². The molecule has 0 spiro atoms. The molecule has 0 atom stereocenters. The van der Waals surface area contributed by atoms with E-state index >= 15 is 0 Å². The molecule has 0 bridgehead atoms. The second kappa shape index (κ2) is 6.58. The molecule has 0 aliphatic heterocycles. The molecule has 18 heavy (non-hydrogen) atoms. The van der Waals surface area contributed by atoms with Gasteiger partial charge in [0.05, 0.1) is 12.4 Å². The highest BCUT2D eigenvalue weighted by Crippen LogP contribution is 2.13. The van der Waals surface area contributed by atoms with E-state index in [-0.39, 0.29) is 25.5 Å². The van der Waals surface area contributed by atoms with Crippen molar-refractivity contribution in [2.24, 2.45) is 0 Å². The van der Waals surface area contributed by atoms with Gasteiger partial charge in [0.1, 0.15) is 12.4 Å². The van der Waals surface area contributed by atoms with E-state index in [4.69, 9.17) is 15.6 Å². The standard InChI is InChI=1S/C11H18N2O4S/c1-13(6-7-14)18(15,16)9-8-17-11-4-2-10(12)3-5-11/h2-5,14H,6-9,12H2,1H3. The number of benzene rings is 1. The van der Waals surface area contributed by atoms with Gasteiger partial charge in [-0.1, -0.05) is 0 Å². The molecule has 0 unspecified atom stereocenters. The van der Waals surface area contributed by atoms with Gasteiger partial charge in [0.15, 0.2) is 0 Å². The zero-order chi connectivity index (χ0) is 13.6. The molecule has 1 aromatic rings. The highest BCUT2D eigenvalue weighted by molar-refractivity contribution is 7.89. The lowest BCUT2D eigenvalue weighted by molar-refractivity contribution is 0.265. The number of sulfonamides is 1. The number of aliphatic hydroxyl groups is 1. The zero-order valence-corrected chi connectivity index (χ0v) is 11.1. The van der Waals surface area contributed by atoms with E-state index in [1.165, 1.54) is 7.05 Å². The quantitative estimate of drug-likeness (QED) is 0.677. The van der Waals surface area contributed by atoms with Crippen LogP contribution in [0, 0.1) is 0 Å². The van der Waals surface area contributed by atoms with Crippen molar-refractivity contribution >= 4 is 15.7 Å². The molecule has 0 saturated carbocycles. The van der Waals surface area contributed by atoms with E-state index in [1.807, 2.05) is 0 Å². The second-order valence-electron chi connectivity index (χ2n) is 3.78. The largest absolute Gasteiger partial charge is 0.492 e. The summed E-state index contributed by atoms with van der Waals surface area (Å²) in [5.74, 6) is 0.442. The predicted molar refractivity (Wildman–Crippen MR) is 69.9 cm³/mol. The van der Waals surface area contributed by atoms with Crippen molar-refractivity contribution in [2.45, 2.75) is 0 Å². The van der Waals surface area contributed by atoms with Gasteiger partial charge in [0, 0.05) is 19.3 Å². The van der Waals surface area contributed by atoms with Gasteiger partial charge in [-0.2, -0.15) is 0 Å². The molecule has 0 heterocycles. The second-order valence-corrected chi connectivity index (χ2v) is 5.97. The van der Waals surface area contributed by atoms with Gasteiger partial charge in [0.25, 0.3) is 0 Å². The van der Waals surface area contributed by atoms with Crippen molar-refractivity contribution in [3.05, 3.63) is 24.3 Å². The molecule has 0 aliphatic rings. The van der Waals surface area contributed by atoms with Gasteiger partial charge in [-0.15, -0.1) is 0 Å².